The lowest BCUT2D eigenvalue weighted by Gasteiger charge is -2.06. The minimum absolute atomic E-state index is 0.115. The van der Waals surface area contributed by atoms with E-state index in [4.69, 9.17) is 4.74 Å². The van der Waals surface area contributed by atoms with E-state index < -0.39 is 5.97 Å². The Morgan fingerprint density at radius 1 is 1.36 bits per heavy atom. The lowest BCUT2D eigenvalue weighted by Crippen LogP contribution is -2.18. The van der Waals surface area contributed by atoms with Gasteiger partial charge >= 0.3 is 5.97 Å². The molecule has 0 aliphatic carbocycles. The van der Waals surface area contributed by atoms with Gasteiger partial charge in [-0.15, -0.1) is 21.5 Å². The Morgan fingerprint density at radius 3 is 2.72 bits per heavy atom. The van der Waals surface area contributed by atoms with E-state index in [-0.39, 0.29) is 29.7 Å². The number of carbonyl (C=O) groups is 3. The summed E-state index contributed by atoms with van der Waals surface area (Å²) in [5.74, 6) is -1.09. The molecule has 2 heterocycles. The number of rotatable bonds is 7. The summed E-state index contributed by atoms with van der Waals surface area (Å²) in [6.45, 7) is 3.54. The Labute approximate surface area is 156 Å². The van der Waals surface area contributed by atoms with Crippen LogP contribution in [-0.4, -0.2) is 47.4 Å². The van der Waals surface area contributed by atoms with Gasteiger partial charge in [-0.05, 0) is 19.4 Å². The van der Waals surface area contributed by atoms with Crippen molar-refractivity contribution in [2.24, 2.45) is 0 Å². The highest BCUT2D eigenvalue weighted by molar-refractivity contribution is 8.01. The Balaban J connectivity index is 2.20. The summed E-state index contributed by atoms with van der Waals surface area (Å²) < 4.78 is 5.71. The van der Waals surface area contributed by atoms with Crippen LogP contribution < -0.4 is 10.6 Å². The summed E-state index contributed by atoms with van der Waals surface area (Å²) in [7, 11) is 1.50. The van der Waals surface area contributed by atoms with Gasteiger partial charge in [0, 0.05) is 7.05 Å². The second-order valence-corrected chi connectivity index (χ2v) is 7.68. The topological polar surface area (TPSA) is 110 Å². The molecule has 0 spiro atoms. The van der Waals surface area contributed by atoms with Crippen molar-refractivity contribution in [2.75, 3.05) is 24.7 Å². The molecule has 25 heavy (non-hydrogen) atoms. The van der Waals surface area contributed by atoms with Crippen molar-refractivity contribution in [3.63, 3.8) is 0 Å². The van der Waals surface area contributed by atoms with E-state index in [1.807, 2.05) is 0 Å². The van der Waals surface area contributed by atoms with E-state index in [0.29, 0.717) is 19.8 Å². The van der Waals surface area contributed by atoms with Crippen LogP contribution in [0.25, 0.3) is 0 Å². The molecule has 2 aromatic heterocycles. The quantitative estimate of drug-likeness (QED) is 0.541. The predicted molar refractivity (Wildman–Crippen MR) is 97.7 cm³/mol. The standard InChI is InChI=1S/C14H16N4O4S3/c1-4-22-13(21)9-7(2)10(11(20)15-3)25-12(9)17-8(19)5-23-14-18-16-6-24-14/h6H,4-5H2,1-3H3,(H,15,20)(H,17,19). The molecule has 134 valence electrons. The van der Waals surface area contributed by atoms with E-state index >= 15 is 0 Å². The van der Waals surface area contributed by atoms with Gasteiger partial charge in [0.15, 0.2) is 4.34 Å². The summed E-state index contributed by atoms with van der Waals surface area (Å²) >= 11 is 3.62. The molecule has 0 fully saturated rings. The predicted octanol–water partition coefficient (Wildman–Crippen LogP) is 2.18. The van der Waals surface area contributed by atoms with E-state index in [0.717, 1.165) is 11.3 Å². The fraction of sp³-hybridized carbons (Fsp3) is 0.357. The average molecular weight is 401 g/mol. The number of thiophene rings is 1. The van der Waals surface area contributed by atoms with Gasteiger partial charge in [-0.1, -0.05) is 23.1 Å². The van der Waals surface area contributed by atoms with Gasteiger partial charge in [0.05, 0.1) is 22.8 Å². The largest absolute Gasteiger partial charge is 0.462 e. The molecule has 0 unspecified atom stereocenters. The molecule has 0 saturated heterocycles. The maximum Gasteiger partial charge on any atom is 0.341 e. The molecule has 11 heteroatoms. The molecule has 0 radical (unpaired) electrons. The highest BCUT2D eigenvalue weighted by Crippen LogP contribution is 2.34. The van der Waals surface area contributed by atoms with Gasteiger partial charge in [0.1, 0.15) is 10.5 Å². The van der Waals surface area contributed by atoms with Crippen LogP contribution in [0.15, 0.2) is 9.85 Å². The molecular formula is C14H16N4O4S3. The highest BCUT2D eigenvalue weighted by atomic mass is 32.2. The van der Waals surface area contributed by atoms with Crippen molar-refractivity contribution in [3.05, 3.63) is 21.5 Å². The Kier molecular flexibility index (Phi) is 6.91. The molecule has 0 saturated carbocycles. The number of amides is 2. The van der Waals surface area contributed by atoms with E-state index in [1.165, 1.54) is 30.1 Å². The van der Waals surface area contributed by atoms with Gasteiger partial charge in [-0.3, -0.25) is 9.59 Å². The van der Waals surface area contributed by atoms with Gasteiger partial charge in [0.2, 0.25) is 5.91 Å². The first-order valence-corrected chi connectivity index (χ1v) is 9.87. The normalized spacial score (nSPS) is 10.4. The molecule has 0 aliphatic heterocycles. The van der Waals surface area contributed by atoms with Gasteiger partial charge in [-0.2, -0.15) is 0 Å². The van der Waals surface area contributed by atoms with Crippen LogP contribution in [0.1, 0.15) is 32.5 Å². The minimum atomic E-state index is -0.571. The summed E-state index contributed by atoms with van der Waals surface area (Å²) in [4.78, 5) is 36.7. The monoisotopic (exact) mass is 400 g/mol. The Hall–Kier alpha value is -1.98. The van der Waals surface area contributed by atoms with Gasteiger partial charge < -0.3 is 15.4 Å². The fourth-order valence-corrected chi connectivity index (χ4v) is 4.34. The number of anilines is 1. The first kappa shape index (κ1) is 19.3. The minimum Gasteiger partial charge on any atom is -0.462 e. The van der Waals surface area contributed by atoms with Gasteiger partial charge in [0.25, 0.3) is 5.91 Å². The molecular weight excluding hydrogens is 384 g/mol. The third-order valence-electron chi connectivity index (χ3n) is 2.98. The zero-order valence-electron chi connectivity index (χ0n) is 13.7. The second kappa shape index (κ2) is 8.92. The number of nitrogens with zero attached hydrogens (tertiary/aromatic N) is 2. The van der Waals surface area contributed by atoms with Crippen molar-refractivity contribution in [2.45, 2.75) is 18.2 Å². The molecule has 8 nitrogen and oxygen atoms in total. The van der Waals surface area contributed by atoms with Crippen molar-refractivity contribution in [1.82, 2.24) is 15.5 Å². The van der Waals surface area contributed by atoms with Crippen molar-refractivity contribution >= 4 is 57.2 Å². The summed E-state index contributed by atoms with van der Waals surface area (Å²) in [5.41, 5.74) is 2.27. The lowest BCUT2D eigenvalue weighted by molar-refractivity contribution is -0.113. The van der Waals surface area contributed by atoms with Crippen LogP contribution >= 0.6 is 34.4 Å². The SMILES string of the molecule is CCOC(=O)c1c(NC(=O)CSc2nncs2)sc(C(=O)NC)c1C. The first-order chi connectivity index (χ1) is 12.0. The lowest BCUT2D eigenvalue weighted by atomic mass is 10.1. The summed E-state index contributed by atoms with van der Waals surface area (Å²) in [6.07, 6.45) is 0. The fourth-order valence-electron chi connectivity index (χ4n) is 1.90. The zero-order valence-corrected chi connectivity index (χ0v) is 16.2. The molecule has 2 amide bonds. The molecule has 0 bridgehead atoms. The van der Waals surface area contributed by atoms with Crippen LogP contribution in [0.2, 0.25) is 0 Å². The number of esters is 1. The van der Waals surface area contributed by atoms with E-state index in [9.17, 15) is 14.4 Å². The number of thioether (sulfide) groups is 1. The van der Waals surface area contributed by atoms with Crippen molar-refractivity contribution in [1.29, 1.82) is 0 Å². The molecule has 2 N–H and O–H groups in total. The first-order valence-electron chi connectivity index (χ1n) is 7.19. The van der Waals surface area contributed by atoms with Crippen LogP contribution in [-0.2, 0) is 9.53 Å². The second-order valence-electron chi connectivity index (χ2n) is 4.60. The molecule has 0 aliphatic rings. The number of nitrogens with one attached hydrogen (secondary N) is 2. The van der Waals surface area contributed by atoms with Crippen molar-refractivity contribution < 1.29 is 19.1 Å². The summed E-state index contributed by atoms with van der Waals surface area (Å²) in [5, 5.41) is 13.1. The molecule has 0 aromatic carbocycles. The third-order valence-corrected chi connectivity index (χ3v) is 6.05. The summed E-state index contributed by atoms with van der Waals surface area (Å²) in [6, 6.07) is 0. The van der Waals surface area contributed by atoms with E-state index in [2.05, 4.69) is 20.8 Å². The third kappa shape index (κ3) is 4.77. The number of carbonyl (C=O) groups excluding carboxylic acids is 3. The van der Waals surface area contributed by atoms with Crippen LogP contribution in [0.3, 0.4) is 0 Å². The number of hydrogen-bond acceptors (Lipinski definition) is 9. The highest BCUT2D eigenvalue weighted by Gasteiger charge is 2.26. The molecule has 2 aromatic rings. The Morgan fingerprint density at radius 2 is 2.12 bits per heavy atom. The number of ether oxygens (including phenoxy) is 1. The van der Waals surface area contributed by atoms with Crippen LogP contribution in [0.5, 0.6) is 0 Å². The zero-order chi connectivity index (χ0) is 18.4. The van der Waals surface area contributed by atoms with Crippen molar-refractivity contribution in [3.8, 4) is 0 Å². The average Bonchev–Trinajstić information content (AvgIpc) is 3.20. The number of hydrogen-bond donors (Lipinski definition) is 2. The maximum atomic E-state index is 12.2. The van der Waals surface area contributed by atoms with Crippen LogP contribution in [0, 0.1) is 6.92 Å². The smallest absolute Gasteiger partial charge is 0.341 e. The molecule has 0 atom stereocenters. The number of aromatic nitrogens is 2. The molecule has 2 rings (SSSR count). The maximum absolute atomic E-state index is 12.2. The van der Waals surface area contributed by atoms with E-state index in [1.54, 1.807) is 19.4 Å². The van der Waals surface area contributed by atoms with Gasteiger partial charge in [-0.25, -0.2) is 4.79 Å². The Bertz CT molecular complexity index is 773. The van der Waals surface area contributed by atoms with Crippen LogP contribution in [0.4, 0.5) is 5.00 Å².